The van der Waals surface area contributed by atoms with Crippen LogP contribution in [0.25, 0.3) is 11.1 Å². The summed E-state index contributed by atoms with van der Waals surface area (Å²) in [5.74, 6) is -0.244. The standard InChI is InChI=1S/C12H7ClF/c13-11-5-1-3-9(7-11)10-4-2-6-12(14)8-10/h1-4,6-8H. The summed E-state index contributed by atoms with van der Waals surface area (Å²) in [6, 6.07) is 14.6. The van der Waals surface area contributed by atoms with Gasteiger partial charge in [0, 0.05) is 11.1 Å². The van der Waals surface area contributed by atoms with Gasteiger partial charge in [-0.1, -0.05) is 35.9 Å². The molecule has 0 heterocycles. The van der Waals surface area contributed by atoms with Crippen LogP contribution < -0.4 is 0 Å². The van der Waals surface area contributed by atoms with Crippen LogP contribution in [0.4, 0.5) is 4.39 Å². The lowest BCUT2D eigenvalue weighted by atomic mass is 10.1. The van der Waals surface area contributed by atoms with Gasteiger partial charge in [0.15, 0.2) is 0 Å². The van der Waals surface area contributed by atoms with Gasteiger partial charge < -0.3 is 0 Å². The van der Waals surface area contributed by atoms with E-state index in [9.17, 15) is 4.39 Å². The van der Waals surface area contributed by atoms with Crippen molar-refractivity contribution in [2.45, 2.75) is 0 Å². The summed E-state index contributed by atoms with van der Waals surface area (Å²) in [7, 11) is 0. The van der Waals surface area contributed by atoms with Crippen LogP contribution in [0, 0.1) is 11.9 Å². The summed E-state index contributed by atoms with van der Waals surface area (Å²) in [5.41, 5.74) is 1.72. The van der Waals surface area contributed by atoms with Gasteiger partial charge in [0.2, 0.25) is 0 Å². The molecule has 0 aliphatic carbocycles. The van der Waals surface area contributed by atoms with Crippen LogP contribution in [0.2, 0.25) is 5.02 Å². The lowest BCUT2D eigenvalue weighted by Gasteiger charge is -2.01. The molecule has 0 saturated carbocycles. The average Bonchev–Trinajstić information content (AvgIpc) is 2.18. The molecule has 2 aromatic carbocycles. The van der Waals surface area contributed by atoms with Crippen molar-refractivity contribution >= 4 is 11.6 Å². The maximum absolute atomic E-state index is 12.9. The smallest absolute Gasteiger partial charge is 0.123 e. The van der Waals surface area contributed by atoms with Crippen molar-refractivity contribution in [1.82, 2.24) is 0 Å². The van der Waals surface area contributed by atoms with Gasteiger partial charge in [0.25, 0.3) is 0 Å². The van der Waals surface area contributed by atoms with Crippen LogP contribution in [-0.2, 0) is 0 Å². The van der Waals surface area contributed by atoms with E-state index in [2.05, 4.69) is 6.07 Å². The van der Waals surface area contributed by atoms with E-state index in [4.69, 9.17) is 11.6 Å². The highest BCUT2D eigenvalue weighted by Gasteiger charge is 1.99. The first-order valence-corrected chi connectivity index (χ1v) is 4.57. The number of halogens is 2. The van der Waals surface area contributed by atoms with Crippen LogP contribution in [0.1, 0.15) is 0 Å². The van der Waals surface area contributed by atoms with E-state index >= 15 is 0 Å². The van der Waals surface area contributed by atoms with Gasteiger partial charge >= 0.3 is 0 Å². The van der Waals surface area contributed by atoms with E-state index < -0.39 is 0 Å². The maximum Gasteiger partial charge on any atom is 0.123 e. The molecular formula is C12H7ClF. The quantitative estimate of drug-likeness (QED) is 0.662. The molecule has 0 atom stereocenters. The largest absolute Gasteiger partial charge is 0.207 e. The Labute approximate surface area is 87.0 Å². The third-order valence-corrected chi connectivity index (χ3v) is 2.14. The highest BCUT2D eigenvalue weighted by molar-refractivity contribution is 6.30. The second-order valence-electron chi connectivity index (χ2n) is 2.94. The molecule has 0 spiro atoms. The Bertz CT molecular complexity index is 408. The van der Waals surface area contributed by atoms with Crippen LogP contribution in [-0.4, -0.2) is 0 Å². The zero-order valence-corrected chi connectivity index (χ0v) is 8.05. The summed E-state index contributed by atoms with van der Waals surface area (Å²) in [4.78, 5) is 0. The zero-order valence-electron chi connectivity index (χ0n) is 7.30. The predicted octanol–water partition coefficient (Wildman–Crippen LogP) is 3.95. The van der Waals surface area contributed by atoms with Crippen molar-refractivity contribution in [2.24, 2.45) is 0 Å². The van der Waals surface area contributed by atoms with Crippen LogP contribution in [0.3, 0.4) is 0 Å². The molecule has 0 bridgehead atoms. The molecule has 0 aliphatic heterocycles. The normalized spacial score (nSPS) is 10.1. The molecule has 2 aromatic rings. The molecule has 0 saturated heterocycles. The summed E-state index contributed by atoms with van der Waals surface area (Å²) < 4.78 is 12.9. The third kappa shape index (κ3) is 1.94. The predicted molar refractivity (Wildman–Crippen MR) is 55.7 cm³/mol. The number of rotatable bonds is 1. The summed E-state index contributed by atoms with van der Waals surface area (Å²) in [5, 5.41) is 0.534. The van der Waals surface area contributed by atoms with Crippen molar-refractivity contribution in [1.29, 1.82) is 0 Å². The molecule has 2 rings (SSSR count). The third-order valence-electron chi connectivity index (χ3n) is 1.92. The Kier molecular flexibility index (Phi) is 2.51. The van der Waals surface area contributed by atoms with E-state index in [0.717, 1.165) is 11.1 Å². The molecule has 0 amide bonds. The molecular weight excluding hydrogens is 199 g/mol. The number of hydrogen-bond acceptors (Lipinski definition) is 0. The SMILES string of the molecule is Fc1cccc(-c2cc[c]c(Cl)c2)c1. The maximum atomic E-state index is 12.9. The highest BCUT2D eigenvalue weighted by atomic mass is 35.5. The van der Waals surface area contributed by atoms with Gasteiger partial charge in [-0.05, 0) is 29.3 Å². The first-order chi connectivity index (χ1) is 6.75. The molecule has 0 N–H and O–H groups in total. The topological polar surface area (TPSA) is 0 Å². The lowest BCUT2D eigenvalue weighted by Crippen LogP contribution is -1.79. The van der Waals surface area contributed by atoms with Crippen molar-refractivity contribution in [3.05, 3.63) is 59.4 Å². The first kappa shape index (κ1) is 9.22. The van der Waals surface area contributed by atoms with E-state index in [1.807, 2.05) is 12.1 Å². The first-order valence-electron chi connectivity index (χ1n) is 4.19. The minimum absolute atomic E-state index is 0.244. The van der Waals surface area contributed by atoms with Crippen LogP contribution in [0.5, 0.6) is 0 Å². The fourth-order valence-corrected chi connectivity index (χ4v) is 1.47. The molecule has 0 fully saturated rings. The Balaban J connectivity index is 2.49. The molecule has 0 aliphatic rings. The van der Waals surface area contributed by atoms with Gasteiger partial charge in [0.05, 0.1) is 0 Å². The fourth-order valence-electron chi connectivity index (χ4n) is 1.28. The fraction of sp³-hybridized carbons (Fsp3) is 0. The van der Waals surface area contributed by atoms with E-state index in [0.29, 0.717) is 5.02 Å². The Hall–Kier alpha value is -1.34. The Morgan fingerprint density at radius 1 is 1.07 bits per heavy atom. The number of benzene rings is 2. The van der Waals surface area contributed by atoms with E-state index in [-0.39, 0.29) is 5.82 Å². The number of hydrogen-bond donors (Lipinski definition) is 0. The minimum Gasteiger partial charge on any atom is -0.207 e. The van der Waals surface area contributed by atoms with Crippen LogP contribution in [0.15, 0.2) is 42.5 Å². The Morgan fingerprint density at radius 2 is 1.86 bits per heavy atom. The molecule has 14 heavy (non-hydrogen) atoms. The summed E-state index contributed by atoms with van der Waals surface area (Å²) in [6.45, 7) is 0. The van der Waals surface area contributed by atoms with Crippen molar-refractivity contribution in [3.8, 4) is 11.1 Å². The molecule has 0 nitrogen and oxygen atoms in total. The van der Waals surface area contributed by atoms with Gasteiger partial charge in [-0.15, -0.1) is 0 Å². The molecule has 0 aromatic heterocycles. The van der Waals surface area contributed by atoms with Crippen molar-refractivity contribution in [2.75, 3.05) is 0 Å². The van der Waals surface area contributed by atoms with Gasteiger partial charge in [-0.25, -0.2) is 4.39 Å². The van der Waals surface area contributed by atoms with Gasteiger partial charge in [-0.3, -0.25) is 0 Å². The van der Waals surface area contributed by atoms with E-state index in [1.54, 1.807) is 18.2 Å². The minimum atomic E-state index is -0.244. The second kappa shape index (κ2) is 3.81. The highest BCUT2D eigenvalue weighted by Crippen LogP contribution is 2.22. The molecule has 69 valence electrons. The zero-order chi connectivity index (χ0) is 9.97. The van der Waals surface area contributed by atoms with Gasteiger partial charge in [0.1, 0.15) is 5.82 Å². The van der Waals surface area contributed by atoms with E-state index in [1.165, 1.54) is 12.1 Å². The second-order valence-corrected chi connectivity index (χ2v) is 3.34. The van der Waals surface area contributed by atoms with Crippen molar-refractivity contribution in [3.63, 3.8) is 0 Å². The monoisotopic (exact) mass is 205 g/mol. The van der Waals surface area contributed by atoms with Crippen LogP contribution >= 0.6 is 11.6 Å². The molecule has 0 unspecified atom stereocenters. The van der Waals surface area contributed by atoms with Gasteiger partial charge in [-0.2, -0.15) is 0 Å². The summed E-state index contributed by atoms with van der Waals surface area (Å²) in [6.07, 6.45) is 0. The average molecular weight is 206 g/mol. The lowest BCUT2D eigenvalue weighted by molar-refractivity contribution is 0.628. The van der Waals surface area contributed by atoms with Crippen molar-refractivity contribution < 1.29 is 4.39 Å². The molecule has 1 radical (unpaired) electrons. The summed E-state index contributed by atoms with van der Waals surface area (Å²) >= 11 is 5.79. The Morgan fingerprint density at radius 3 is 2.57 bits per heavy atom. The molecule has 2 heteroatoms.